The smallest absolute Gasteiger partial charge is 0.407 e. The number of phenolic OH excluding ortho intramolecular Hbond substituents is 1. The number of aromatic hydroxyl groups is 1. The Bertz CT molecular complexity index is 2930. The Balaban J connectivity index is 1.15. The third-order valence-corrected chi connectivity index (χ3v) is 15.0. The van der Waals surface area contributed by atoms with Crippen LogP contribution in [-0.4, -0.2) is 170 Å². The van der Waals surface area contributed by atoms with Gasteiger partial charge in [0.1, 0.15) is 53.4 Å². The number of carbonyl (C=O) groups is 8. The number of carbonyl (C=O) groups excluding carboxylic acids is 8. The number of aliphatic hydroxyl groups is 3. The molecule has 0 spiro atoms. The lowest BCUT2D eigenvalue weighted by Crippen LogP contribution is -2.61. The first-order valence-electron chi connectivity index (χ1n) is 28.8. The van der Waals surface area contributed by atoms with Gasteiger partial charge in [0, 0.05) is 31.6 Å². The number of ether oxygens (including phenoxy) is 2. The highest BCUT2D eigenvalue weighted by molar-refractivity contribution is 6.00. The zero-order chi connectivity index (χ0) is 60.8. The largest absolute Gasteiger partial charge is 0.508 e. The zero-order valence-electron chi connectivity index (χ0n) is 48.5. The Morgan fingerprint density at radius 1 is 0.679 bits per heavy atom. The van der Waals surface area contributed by atoms with E-state index in [-0.39, 0.29) is 62.9 Å². The molecular weight excluding hydrogens is 1080 g/mol. The Morgan fingerprint density at radius 2 is 1.23 bits per heavy atom. The molecule has 0 saturated carbocycles. The molecule has 8 amide bonds. The number of aryl methyl sites for hydroxylation is 1. The van der Waals surface area contributed by atoms with Crippen molar-refractivity contribution < 1.29 is 68.3 Å². The normalized spacial score (nSPS) is 23.8. The summed E-state index contributed by atoms with van der Waals surface area (Å²) in [5.74, 6) is -5.14. The first kappa shape index (κ1) is 63.5. The van der Waals surface area contributed by atoms with Crippen molar-refractivity contribution >= 4 is 47.4 Å². The van der Waals surface area contributed by atoms with Crippen molar-refractivity contribution in [2.75, 3.05) is 26.2 Å². The monoisotopic (exact) mass is 1160 g/mol. The summed E-state index contributed by atoms with van der Waals surface area (Å²) in [5.41, 5.74) is 3.64. The molecule has 22 nitrogen and oxygen atoms in total. The topological polar surface area (TPSA) is 315 Å². The standard InChI is InChI=1S/C62H80N8O14/c1-7-8-9-31-83-47-27-23-42(24-28-47)40-17-15-39(16-18-40)41-19-21-43(22-20-41)54(75)65-48-11-10-30-63-57(78)50-32-44(64-61(82)84-62(4,5)6)34-69(50)59(80)52(36(2)71)68-56(77)49(29-14-38-12-25-45(73)26-13-38)66-58(79)51-33-46(74)35-70(51)60(81)53(37(3)72)67-55(48)76/h12-13,15-28,36-37,44,46,48-53,71-74H,7-11,14,29-35H2,1-6H3,(H,63,78)(H,64,82)(H,65,75)(H,66,79)(H,67,76)(H,68,77)/t36-,37-,44+,46-,48+,49+,50+,51+,52+,53+/m1/s1. The van der Waals surface area contributed by atoms with Crippen molar-refractivity contribution in [1.29, 1.82) is 0 Å². The molecule has 0 aromatic heterocycles. The molecule has 0 aliphatic carbocycles. The van der Waals surface area contributed by atoms with Gasteiger partial charge < -0.3 is 71.6 Å². The Labute approximate surface area is 489 Å². The number of hydrogen-bond donors (Lipinski definition) is 10. The molecule has 22 heteroatoms. The summed E-state index contributed by atoms with van der Waals surface area (Å²) < 4.78 is 11.3. The fourth-order valence-corrected chi connectivity index (χ4v) is 10.5. The third kappa shape index (κ3) is 17.3. The van der Waals surface area contributed by atoms with E-state index in [4.69, 9.17) is 9.47 Å². The van der Waals surface area contributed by atoms with Crippen LogP contribution in [0.2, 0.25) is 0 Å². The van der Waals surface area contributed by atoms with Gasteiger partial charge >= 0.3 is 6.09 Å². The molecule has 4 aromatic rings. The third-order valence-electron chi connectivity index (χ3n) is 15.0. The van der Waals surface area contributed by atoms with E-state index in [2.05, 4.69) is 38.8 Å². The number of benzene rings is 4. The summed E-state index contributed by atoms with van der Waals surface area (Å²) >= 11 is 0. The first-order chi connectivity index (χ1) is 40.0. The number of unbranched alkanes of at least 4 members (excludes halogenated alkanes) is 2. The average Bonchev–Trinajstić information content (AvgIpc) is 4.31. The molecule has 0 unspecified atom stereocenters. The number of nitrogens with one attached hydrogen (secondary N) is 6. The van der Waals surface area contributed by atoms with Gasteiger partial charge in [0.05, 0.1) is 31.0 Å². The number of nitrogens with zero attached hydrogens (tertiary/aromatic N) is 2. The fourth-order valence-electron chi connectivity index (χ4n) is 10.5. The Kier molecular flexibility index (Phi) is 21.9. The maximum absolute atomic E-state index is 14.7. The van der Waals surface area contributed by atoms with Crippen LogP contribution in [0.15, 0.2) is 97.1 Å². The second kappa shape index (κ2) is 28.9. The number of hydrogen-bond acceptors (Lipinski definition) is 14. The minimum Gasteiger partial charge on any atom is -0.508 e. The molecule has 4 aromatic carbocycles. The number of amides is 8. The summed E-state index contributed by atoms with van der Waals surface area (Å²) in [7, 11) is 0. The Morgan fingerprint density at radius 3 is 1.80 bits per heavy atom. The van der Waals surface area contributed by atoms with E-state index in [1.165, 1.54) is 26.0 Å². The van der Waals surface area contributed by atoms with Crippen LogP contribution in [0.25, 0.3) is 22.3 Å². The Hall–Kier alpha value is -8.08. The highest BCUT2D eigenvalue weighted by Gasteiger charge is 2.46. The van der Waals surface area contributed by atoms with Gasteiger partial charge in [0.25, 0.3) is 5.91 Å². The zero-order valence-corrected chi connectivity index (χ0v) is 48.5. The van der Waals surface area contributed by atoms with Crippen molar-refractivity contribution in [2.24, 2.45) is 0 Å². The summed E-state index contributed by atoms with van der Waals surface area (Å²) in [6.07, 6.45) is -2.50. The lowest BCUT2D eigenvalue weighted by atomic mass is 9.99. The van der Waals surface area contributed by atoms with Crippen LogP contribution in [0.5, 0.6) is 11.5 Å². The summed E-state index contributed by atoms with van der Waals surface area (Å²) in [4.78, 5) is 116. The van der Waals surface area contributed by atoms with Crippen molar-refractivity contribution in [3.8, 4) is 33.8 Å². The molecule has 3 aliphatic rings. The van der Waals surface area contributed by atoms with Crippen LogP contribution < -0.4 is 36.6 Å². The van der Waals surface area contributed by atoms with Gasteiger partial charge in [-0.25, -0.2) is 4.79 Å². The molecule has 84 heavy (non-hydrogen) atoms. The van der Waals surface area contributed by atoms with E-state index < -0.39 is 120 Å². The molecule has 0 radical (unpaired) electrons. The minimum atomic E-state index is -1.72. The van der Waals surface area contributed by atoms with Crippen molar-refractivity contribution in [3.63, 3.8) is 0 Å². The van der Waals surface area contributed by atoms with Crippen LogP contribution in [-0.2, 0) is 39.9 Å². The average molecular weight is 1160 g/mol. The molecule has 10 atom stereocenters. The van der Waals surface area contributed by atoms with Gasteiger partial charge in [-0.05, 0) is 137 Å². The summed E-state index contributed by atoms with van der Waals surface area (Å²) in [5, 5.41) is 59.1. The van der Waals surface area contributed by atoms with E-state index in [0.717, 1.165) is 57.1 Å². The van der Waals surface area contributed by atoms with Crippen LogP contribution in [0, 0.1) is 0 Å². The van der Waals surface area contributed by atoms with Gasteiger partial charge in [0.2, 0.25) is 35.4 Å². The lowest BCUT2D eigenvalue weighted by Gasteiger charge is -2.32. The number of rotatable bonds is 15. The second-order valence-electron chi connectivity index (χ2n) is 22.9. The molecule has 3 fully saturated rings. The number of fused-ring (bicyclic) bond motifs is 2. The van der Waals surface area contributed by atoms with E-state index in [1.54, 1.807) is 57.2 Å². The van der Waals surface area contributed by atoms with Gasteiger partial charge in [-0.2, -0.15) is 0 Å². The summed E-state index contributed by atoms with van der Waals surface area (Å²) in [6, 6.07) is 18.8. The number of phenols is 1. The van der Waals surface area contributed by atoms with Crippen LogP contribution in [0.3, 0.4) is 0 Å². The van der Waals surface area contributed by atoms with Crippen LogP contribution in [0.1, 0.15) is 109 Å². The molecule has 3 heterocycles. The fraction of sp³-hybridized carbons (Fsp3) is 0.484. The van der Waals surface area contributed by atoms with Crippen molar-refractivity contribution in [3.05, 3.63) is 108 Å². The van der Waals surface area contributed by atoms with E-state index >= 15 is 0 Å². The highest BCUT2D eigenvalue weighted by atomic mass is 16.6. The van der Waals surface area contributed by atoms with Crippen LogP contribution >= 0.6 is 0 Å². The predicted octanol–water partition coefficient (Wildman–Crippen LogP) is 3.61. The minimum absolute atomic E-state index is 0.0164. The molecule has 3 aliphatic heterocycles. The maximum atomic E-state index is 14.7. The van der Waals surface area contributed by atoms with Gasteiger partial charge in [-0.1, -0.05) is 80.4 Å². The highest BCUT2D eigenvalue weighted by Crippen LogP contribution is 2.28. The molecule has 3 saturated heterocycles. The quantitative estimate of drug-likeness (QED) is 0.0761. The van der Waals surface area contributed by atoms with Gasteiger partial charge in [-0.15, -0.1) is 0 Å². The van der Waals surface area contributed by atoms with Crippen molar-refractivity contribution in [2.45, 2.75) is 166 Å². The summed E-state index contributed by atoms with van der Waals surface area (Å²) in [6.45, 7) is 9.54. The molecule has 0 bridgehead atoms. The molecule has 10 N–H and O–H groups in total. The van der Waals surface area contributed by atoms with E-state index in [9.17, 15) is 58.8 Å². The maximum Gasteiger partial charge on any atom is 0.407 e. The van der Waals surface area contributed by atoms with E-state index in [1.807, 2.05) is 48.5 Å². The van der Waals surface area contributed by atoms with Crippen LogP contribution in [0.4, 0.5) is 4.79 Å². The SMILES string of the molecule is CCCCCOc1ccc(-c2ccc(-c3ccc(C(=O)N[C@H]4CCCNC(=O)[C@@H]5C[C@H](NC(=O)OC(C)(C)C)CN5C(=O)[C@H]([C@@H](C)O)NC(=O)[C@H](CCc5ccc(O)cc5)NC(=O)[C@@H]5C[C@@H](O)CN5C(=O)[C@H]([C@@H](C)O)NC4=O)cc3)cc2)cc1. The molecular formula is C62H80N8O14. The lowest BCUT2D eigenvalue weighted by molar-refractivity contribution is -0.145. The predicted molar refractivity (Wildman–Crippen MR) is 311 cm³/mol. The second-order valence-corrected chi connectivity index (χ2v) is 22.9. The number of aliphatic hydroxyl groups excluding tert-OH is 3. The van der Waals surface area contributed by atoms with E-state index in [0.29, 0.717) is 12.2 Å². The van der Waals surface area contributed by atoms with Crippen molar-refractivity contribution in [1.82, 2.24) is 41.7 Å². The van der Waals surface area contributed by atoms with Gasteiger partial charge in [-0.3, -0.25) is 33.6 Å². The van der Waals surface area contributed by atoms with Gasteiger partial charge in [0.15, 0.2) is 0 Å². The molecule has 7 rings (SSSR count). The molecule has 452 valence electrons. The first-order valence-corrected chi connectivity index (χ1v) is 28.8. The number of alkyl carbamates (subject to hydrolysis) is 1.